The van der Waals surface area contributed by atoms with Crippen LogP contribution in [0.3, 0.4) is 0 Å². The van der Waals surface area contributed by atoms with Crippen LogP contribution in [0.4, 0.5) is 0 Å². The summed E-state index contributed by atoms with van der Waals surface area (Å²) in [5.41, 5.74) is 8.37. The first-order valence-corrected chi connectivity index (χ1v) is 10.9. The molecule has 1 radical (unpaired) electrons. The lowest BCUT2D eigenvalue weighted by Crippen LogP contribution is -2.57. The molecule has 0 aliphatic carbocycles. The van der Waals surface area contributed by atoms with Gasteiger partial charge in [-0.2, -0.15) is 0 Å². The predicted molar refractivity (Wildman–Crippen MR) is 120 cm³/mol. The van der Waals surface area contributed by atoms with Crippen molar-refractivity contribution in [3.63, 3.8) is 0 Å². The standard InChI is InChI=1S/C21H31N6O8/c1-11(2)5-14(22)19(33)26-15(3-4-17(29)30)20(34)27-16(6-12-8-23-10-24-12)21(35)25-13(9-28)7-18(31)32/h8-11,13-16,22H,3-7H2,1-2H3,(H,23,24)(H,25,35)(H,26,33)(H,27,34)(H,29,30)(H,31,32). The normalized spacial score (nSPS) is 14.3. The molecule has 3 amide bonds. The molecule has 193 valence electrons. The number of aromatic amines is 1. The van der Waals surface area contributed by atoms with Gasteiger partial charge >= 0.3 is 11.9 Å². The lowest BCUT2D eigenvalue weighted by molar-refractivity contribution is -0.140. The second kappa shape index (κ2) is 14.5. The number of aliphatic carboxylic acids is 2. The minimum Gasteiger partial charge on any atom is -0.481 e. The van der Waals surface area contributed by atoms with E-state index in [2.05, 4.69) is 25.9 Å². The maximum Gasteiger partial charge on any atom is 0.305 e. The highest BCUT2D eigenvalue weighted by atomic mass is 16.4. The van der Waals surface area contributed by atoms with E-state index in [0.717, 1.165) is 0 Å². The fourth-order valence-electron chi connectivity index (χ4n) is 3.09. The molecule has 35 heavy (non-hydrogen) atoms. The third-order valence-corrected chi connectivity index (χ3v) is 4.80. The Labute approximate surface area is 201 Å². The molecule has 1 rings (SSSR count). The Bertz CT molecular complexity index is 888. The third kappa shape index (κ3) is 11.2. The summed E-state index contributed by atoms with van der Waals surface area (Å²) in [5.74, 6) is -5.00. The molecule has 7 N–H and O–H groups in total. The number of rotatable bonds is 16. The van der Waals surface area contributed by atoms with E-state index >= 15 is 0 Å². The summed E-state index contributed by atoms with van der Waals surface area (Å²) in [7, 11) is 0. The predicted octanol–water partition coefficient (Wildman–Crippen LogP) is -1.36. The Morgan fingerprint density at radius 1 is 1.03 bits per heavy atom. The van der Waals surface area contributed by atoms with Crippen LogP contribution in [0.5, 0.6) is 0 Å². The highest BCUT2D eigenvalue weighted by molar-refractivity contribution is 5.94. The summed E-state index contributed by atoms with van der Waals surface area (Å²) in [6.07, 6.45) is 1.65. The number of carboxylic acids is 2. The van der Waals surface area contributed by atoms with E-state index in [-0.39, 0.29) is 31.5 Å². The molecule has 14 heteroatoms. The third-order valence-electron chi connectivity index (χ3n) is 4.80. The molecule has 0 fully saturated rings. The van der Waals surface area contributed by atoms with Gasteiger partial charge in [0.15, 0.2) is 0 Å². The number of carbonyl (C=O) groups is 6. The van der Waals surface area contributed by atoms with Crippen LogP contribution in [0.2, 0.25) is 0 Å². The number of aromatic nitrogens is 2. The van der Waals surface area contributed by atoms with E-state index in [1.807, 2.05) is 13.8 Å². The first kappa shape index (κ1) is 29.2. The van der Waals surface area contributed by atoms with Crippen molar-refractivity contribution in [1.29, 1.82) is 0 Å². The quantitative estimate of drug-likeness (QED) is 0.148. The average molecular weight is 496 g/mol. The smallest absolute Gasteiger partial charge is 0.305 e. The largest absolute Gasteiger partial charge is 0.481 e. The molecule has 0 spiro atoms. The first-order valence-electron chi connectivity index (χ1n) is 10.9. The van der Waals surface area contributed by atoms with Crippen molar-refractivity contribution in [1.82, 2.24) is 31.7 Å². The summed E-state index contributed by atoms with van der Waals surface area (Å²) in [4.78, 5) is 77.8. The Kier molecular flexibility index (Phi) is 12.1. The number of carbonyl (C=O) groups excluding carboxylic acids is 4. The Balaban J connectivity index is 3.05. The molecule has 0 bridgehead atoms. The van der Waals surface area contributed by atoms with Crippen LogP contribution in [-0.4, -0.2) is 80.3 Å². The lowest BCUT2D eigenvalue weighted by Gasteiger charge is -2.24. The molecule has 0 saturated carbocycles. The van der Waals surface area contributed by atoms with Gasteiger partial charge in [0.2, 0.25) is 17.7 Å². The van der Waals surface area contributed by atoms with E-state index < -0.39 is 66.7 Å². The molecule has 4 atom stereocenters. The van der Waals surface area contributed by atoms with Crippen molar-refractivity contribution < 1.29 is 39.0 Å². The molecule has 0 aliphatic heterocycles. The van der Waals surface area contributed by atoms with Crippen molar-refractivity contribution in [2.75, 3.05) is 0 Å². The van der Waals surface area contributed by atoms with Crippen molar-refractivity contribution >= 4 is 35.9 Å². The summed E-state index contributed by atoms with van der Waals surface area (Å²) in [6, 6.07) is -5.19. The van der Waals surface area contributed by atoms with Crippen molar-refractivity contribution in [3.05, 3.63) is 18.2 Å². The summed E-state index contributed by atoms with van der Waals surface area (Å²) in [5, 5.41) is 24.9. The van der Waals surface area contributed by atoms with Crippen LogP contribution in [0, 0.1) is 5.92 Å². The van der Waals surface area contributed by atoms with Crippen molar-refractivity contribution in [2.24, 2.45) is 5.92 Å². The highest BCUT2D eigenvalue weighted by Crippen LogP contribution is 2.07. The molecule has 0 aromatic carbocycles. The van der Waals surface area contributed by atoms with Crippen LogP contribution < -0.4 is 21.7 Å². The first-order chi connectivity index (χ1) is 16.4. The Hall–Kier alpha value is -3.81. The van der Waals surface area contributed by atoms with Crippen LogP contribution in [0.25, 0.3) is 0 Å². The molecule has 1 heterocycles. The van der Waals surface area contributed by atoms with E-state index in [9.17, 15) is 28.8 Å². The molecular formula is C21H31N6O8. The fraction of sp³-hybridized carbons (Fsp3) is 0.571. The fourth-order valence-corrected chi connectivity index (χ4v) is 3.09. The SMILES string of the molecule is CC(C)CC([NH])C(=O)NC(CCC(=O)O)C(=O)NC(Cc1cnc[nH]1)C(=O)NC(C=O)CC(=O)O. The molecular weight excluding hydrogens is 464 g/mol. The number of amides is 3. The lowest BCUT2D eigenvalue weighted by atomic mass is 10.0. The Morgan fingerprint density at radius 3 is 2.17 bits per heavy atom. The van der Waals surface area contributed by atoms with Gasteiger partial charge in [-0.3, -0.25) is 24.0 Å². The second-order valence-corrected chi connectivity index (χ2v) is 8.37. The van der Waals surface area contributed by atoms with Gasteiger partial charge in [-0.05, 0) is 18.8 Å². The highest BCUT2D eigenvalue weighted by Gasteiger charge is 2.30. The molecule has 0 saturated heterocycles. The van der Waals surface area contributed by atoms with Crippen molar-refractivity contribution in [3.8, 4) is 0 Å². The van der Waals surface area contributed by atoms with E-state index in [4.69, 9.17) is 15.9 Å². The maximum absolute atomic E-state index is 13.0. The average Bonchev–Trinajstić information content (AvgIpc) is 3.27. The number of imidazole rings is 1. The zero-order chi connectivity index (χ0) is 26.5. The number of hydrogen-bond donors (Lipinski definition) is 6. The summed E-state index contributed by atoms with van der Waals surface area (Å²) >= 11 is 0. The van der Waals surface area contributed by atoms with Gasteiger partial charge < -0.3 is 35.9 Å². The topological polar surface area (TPSA) is 231 Å². The molecule has 14 nitrogen and oxygen atoms in total. The van der Waals surface area contributed by atoms with Gasteiger partial charge in [0.05, 0.1) is 18.8 Å². The van der Waals surface area contributed by atoms with Gasteiger partial charge in [0, 0.05) is 24.7 Å². The van der Waals surface area contributed by atoms with Crippen LogP contribution in [0.1, 0.15) is 45.2 Å². The van der Waals surface area contributed by atoms with E-state index in [1.54, 1.807) is 0 Å². The van der Waals surface area contributed by atoms with Crippen molar-refractivity contribution in [2.45, 2.75) is 70.1 Å². The molecule has 1 aromatic heterocycles. The number of hydrogen-bond acceptors (Lipinski definition) is 7. The minimum absolute atomic E-state index is 0.0357. The zero-order valence-electron chi connectivity index (χ0n) is 19.4. The molecule has 1 aromatic rings. The zero-order valence-corrected chi connectivity index (χ0v) is 19.4. The van der Waals surface area contributed by atoms with Gasteiger partial charge in [-0.25, -0.2) is 10.7 Å². The monoisotopic (exact) mass is 495 g/mol. The summed E-state index contributed by atoms with van der Waals surface area (Å²) in [6.45, 7) is 3.64. The van der Waals surface area contributed by atoms with Gasteiger partial charge in [-0.15, -0.1) is 0 Å². The minimum atomic E-state index is -1.35. The number of aldehydes is 1. The number of nitrogens with one attached hydrogen (secondary N) is 5. The Morgan fingerprint density at radius 2 is 1.66 bits per heavy atom. The maximum atomic E-state index is 13.0. The second-order valence-electron chi connectivity index (χ2n) is 8.37. The van der Waals surface area contributed by atoms with Gasteiger partial charge in [0.1, 0.15) is 24.4 Å². The van der Waals surface area contributed by atoms with E-state index in [0.29, 0.717) is 5.69 Å². The van der Waals surface area contributed by atoms with Crippen LogP contribution >= 0.6 is 0 Å². The number of carboxylic acid groups (broad SMARTS) is 2. The number of H-pyrrole nitrogens is 1. The van der Waals surface area contributed by atoms with Crippen LogP contribution in [-0.2, 0) is 35.2 Å². The van der Waals surface area contributed by atoms with Gasteiger partial charge in [-0.1, -0.05) is 13.8 Å². The van der Waals surface area contributed by atoms with Crippen LogP contribution in [0.15, 0.2) is 12.5 Å². The number of nitrogens with zero attached hydrogens (tertiary/aromatic N) is 1. The van der Waals surface area contributed by atoms with Gasteiger partial charge in [0.25, 0.3) is 0 Å². The summed E-state index contributed by atoms with van der Waals surface area (Å²) < 4.78 is 0. The molecule has 4 unspecified atom stereocenters. The molecule has 0 aliphatic rings. The van der Waals surface area contributed by atoms with E-state index in [1.165, 1.54) is 12.5 Å².